The summed E-state index contributed by atoms with van der Waals surface area (Å²) in [6.45, 7) is 6.39. The monoisotopic (exact) mass is 432 g/mol. The van der Waals surface area contributed by atoms with Gasteiger partial charge in [0, 0.05) is 23.3 Å². The molecule has 4 heterocycles. The molecule has 4 aliphatic heterocycles. The Morgan fingerprint density at radius 3 is 2.75 bits per heavy atom. The Balaban J connectivity index is 1.25. The number of hydrogen-bond acceptors (Lipinski definition) is 6. The number of ketones is 1. The fourth-order valence-corrected chi connectivity index (χ4v) is 6.26. The fourth-order valence-electron chi connectivity index (χ4n) is 6.26. The van der Waals surface area contributed by atoms with Gasteiger partial charge in [-0.1, -0.05) is 44.2 Å². The number of amides is 1. The Hall–Kier alpha value is -2.80. The third kappa shape index (κ3) is 2.90. The summed E-state index contributed by atoms with van der Waals surface area (Å²) in [6, 6.07) is 9.83. The average molecular weight is 433 g/mol. The van der Waals surface area contributed by atoms with E-state index < -0.39 is 11.0 Å². The normalized spacial score (nSPS) is 29.3. The molecule has 7 nitrogen and oxygen atoms in total. The number of azo groups is 1. The summed E-state index contributed by atoms with van der Waals surface area (Å²) in [4.78, 5) is 28.1. The van der Waals surface area contributed by atoms with Crippen molar-refractivity contribution >= 4 is 11.7 Å². The van der Waals surface area contributed by atoms with Gasteiger partial charge in [0.15, 0.2) is 11.6 Å². The maximum atomic E-state index is 13.4. The predicted octanol–water partition coefficient (Wildman–Crippen LogP) is 3.14. The van der Waals surface area contributed by atoms with Crippen molar-refractivity contribution < 1.29 is 14.3 Å². The van der Waals surface area contributed by atoms with Crippen LogP contribution in [0.5, 0.6) is 0 Å². The van der Waals surface area contributed by atoms with Gasteiger partial charge in [-0.2, -0.15) is 5.11 Å². The SMILES string of the molecule is CC1(C)CC(=O)C2=C(C1)NC1=C(CN=N1)C21COC2(CN(C(=O)Cc3ccccc3)C2)C1. The van der Waals surface area contributed by atoms with Crippen LogP contribution in [0.15, 0.2) is 63.2 Å². The molecule has 1 unspecified atom stereocenters. The number of Topliss-reactive ketones (excluding diaryl/α,β-unsaturated/α-hetero) is 1. The molecule has 1 aromatic carbocycles. The van der Waals surface area contributed by atoms with E-state index in [4.69, 9.17) is 4.74 Å². The number of hydrogen-bond donors (Lipinski definition) is 1. The lowest BCUT2D eigenvalue weighted by Crippen LogP contribution is -2.64. The third-order valence-electron chi connectivity index (χ3n) is 7.64. The number of nitrogens with one attached hydrogen (secondary N) is 1. The molecule has 0 radical (unpaired) electrons. The first kappa shape index (κ1) is 19.9. The first-order chi connectivity index (χ1) is 15.3. The van der Waals surface area contributed by atoms with Crippen LogP contribution in [-0.2, 0) is 20.7 Å². The molecule has 5 aliphatic rings. The van der Waals surface area contributed by atoms with Gasteiger partial charge in [0.25, 0.3) is 0 Å². The Morgan fingerprint density at radius 1 is 1.19 bits per heavy atom. The highest BCUT2D eigenvalue weighted by Crippen LogP contribution is 2.58. The molecule has 2 fully saturated rings. The van der Waals surface area contributed by atoms with Gasteiger partial charge in [-0.25, -0.2) is 0 Å². The van der Waals surface area contributed by atoms with Crippen molar-refractivity contribution in [3.63, 3.8) is 0 Å². The molecule has 7 heteroatoms. The van der Waals surface area contributed by atoms with Crippen LogP contribution in [-0.4, -0.2) is 48.4 Å². The van der Waals surface area contributed by atoms with E-state index in [0.29, 0.717) is 45.5 Å². The summed E-state index contributed by atoms with van der Waals surface area (Å²) in [5.74, 6) is 1.13. The van der Waals surface area contributed by atoms with Crippen LogP contribution >= 0.6 is 0 Å². The number of nitrogens with zero attached hydrogens (tertiary/aromatic N) is 3. The van der Waals surface area contributed by atoms with Crippen LogP contribution in [0.25, 0.3) is 0 Å². The minimum Gasteiger partial charge on any atom is -0.370 e. The summed E-state index contributed by atoms with van der Waals surface area (Å²) in [6.07, 6.45) is 2.48. The second-order valence-electron chi connectivity index (χ2n) is 10.8. The number of likely N-dealkylation sites (tertiary alicyclic amines) is 1. The second kappa shape index (κ2) is 6.61. The molecular weight excluding hydrogens is 404 g/mol. The maximum absolute atomic E-state index is 13.4. The smallest absolute Gasteiger partial charge is 0.227 e. The second-order valence-corrected chi connectivity index (χ2v) is 10.8. The highest BCUT2D eigenvalue weighted by Gasteiger charge is 2.62. The molecule has 1 amide bonds. The van der Waals surface area contributed by atoms with Crippen LogP contribution in [0.1, 0.15) is 38.7 Å². The van der Waals surface area contributed by atoms with E-state index in [-0.39, 0.29) is 17.1 Å². The molecule has 0 aromatic heterocycles. The van der Waals surface area contributed by atoms with E-state index in [2.05, 4.69) is 29.4 Å². The number of benzene rings is 1. The van der Waals surface area contributed by atoms with E-state index in [0.717, 1.165) is 34.6 Å². The van der Waals surface area contributed by atoms with Crippen molar-refractivity contribution in [2.24, 2.45) is 21.1 Å². The van der Waals surface area contributed by atoms with Gasteiger partial charge in [-0.15, -0.1) is 5.11 Å². The number of rotatable bonds is 2. The quantitative estimate of drug-likeness (QED) is 0.778. The molecule has 0 bridgehead atoms. The molecule has 2 spiro atoms. The molecule has 166 valence electrons. The molecule has 6 rings (SSSR count). The number of carbonyl (C=O) groups is 2. The van der Waals surface area contributed by atoms with E-state index in [1.807, 2.05) is 35.2 Å². The first-order valence-corrected chi connectivity index (χ1v) is 11.4. The van der Waals surface area contributed by atoms with Crippen LogP contribution in [0.2, 0.25) is 0 Å². The van der Waals surface area contributed by atoms with Crippen LogP contribution in [0.4, 0.5) is 0 Å². The van der Waals surface area contributed by atoms with Crippen molar-refractivity contribution in [2.75, 3.05) is 26.2 Å². The van der Waals surface area contributed by atoms with Gasteiger partial charge in [0.05, 0.1) is 38.1 Å². The number of allylic oxidation sites excluding steroid dienone is 1. The largest absolute Gasteiger partial charge is 0.370 e. The zero-order valence-electron chi connectivity index (χ0n) is 18.6. The van der Waals surface area contributed by atoms with Crippen molar-refractivity contribution in [1.29, 1.82) is 0 Å². The van der Waals surface area contributed by atoms with E-state index in [1.165, 1.54) is 0 Å². The number of dihydropyridines is 1. The minimum atomic E-state index is -0.471. The van der Waals surface area contributed by atoms with Gasteiger partial charge < -0.3 is 15.0 Å². The van der Waals surface area contributed by atoms with Gasteiger partial charge in [0.2, 0.25) is 5.91 Å². The molecule has 1 N–H and O–H groups in total. The first-order valence-electron chi connectivity index (χ1n) is 11.4. The van der Waals surface area contributed by atoms with Crippen LogP contribution in [0, 0.1) is 10.8 Å². The van der Waals surface area contributed by atoms with E-state index in [1.54, 1.807) is 0 Å². The number of ether oxygens (including phenoxy) is 1. The lowest BCUT2D eigenvalue weighted by molar-refractivity contribution is -0.157. The lowest BCUT2D eigenvalue weighted by atomic mass is 9.61. The Bertz CT molecular complexity index is 1110. The standard InChI is InChI=1S/C25H28N4O3/c1-23(2)9-18-21(19(30)10-23)25(17-11-26-28-22(17)27-18)12-24(32-15-25)13-29(14-24)20(31)8-16-6-4-3-5-7-16/h3-7,27H,8-15H2,1-2H3. The molecule has 32 heavy (non-hydrogen) atoms. The van der Waals surface area contributed by atoms with Crippen molar-refractivity contribution in [3.8, 4) is 0 Å². The van der Waals surface area contributed by atoms with Gasteiger partial charge >= 0.3 is 0 Å². The number of fused-ring (bicyclic) bond motifs is 2. The summed E-state index contributed by atoms with van der Waals surface area (Å²) >= 11 is 0. The van der Waals surface area contributed by atoms with Gasteiger partial charge in [-0.05, 0) is 23.8 Å². The summed E-state index contributed by atoms with van der Waals surface area (Å²) in [5.41, 5.74) is 3.03. The molecule has 0 saturated carbocycles. The zero-order valence-corrected chi connectivity index (χ0v) is 18.6. The topological polar surface area (TPSA) is 83.4 Å². The minimum absolute atomic E-state index is 0.0772. The zero-order chi connectivity index (χ0) is 22.1. The van der Waals surface area contributed by atoms with Gasteiger partial charge in [0.1, 0.15) is 5.60 Å². The molecule has 2 saturated heterocycles. The number of carbonyl (C=O) groups excluding carboxylic acids is 2. The van der Waals surface area contributed by atoms with Gasteiger partial charge in [-0.3, -0.25) is 9.59 Å². The Kier molecular flexibility index (Phi) is 4.10. The predicted molar refractivity (Wildman–Crippen MR) is 117 cm³/mol. The van der Waals surface area contributed by atoms with Crippen LogP contribution in [0.3, 0.4) is 0 Å². The van der Waals surface area contributed by atoms with Crippen molar-refractivity contribution in [2.45, 2.75) is 45.1 Å². The summed E-state index contributed by atoms with van der Waals surface area (Å²) in [7, 11) is 0. The maximum Gasteiger partial charge on any atom is 0.227 e. The Morgan fingerprint density at radius 2 is 1.97 bits per heavy atom. The van der Waals surface area contributed by atoms with E-state index in [9.17, 15) is 9.59 Å². The van der Waals surface area contributed by atoms with Crippen LogP contribution < -0.4 is 5.32 Å². The molecular formula is C25H28N4O3. The molecule has 1 atom stereocenters. The fraction of sp³-hybridized carbons (Fsp3) is 0.520. The lowest BCUT2D eigenvalue weighted by Gasteiger charge is -2.49. The molecule has 1 aliphatic carbocycles. The highest BCUT2D eigenvalue weighted by molar-refractivity contribution is 6.00. The third-order valence-corrected chi connectivity index (χ3v) is 7.64. The average Bonchev–Trinajstić information content (AvgIpc) is 3.32. The van der Waals surface area contributed by atoms with E-state index >= 15 is 0 Å². The highest BCUT2D eigenvalue weighted by atomic mass is 16.5. The Labute approximate surface area is 187 Å². The molecule has 1 aromatic rings. The van der Waals surface area contributed by atoms with Crippen molar-refractivity contribution in [3.05, 3.63) is 58.6 Å². The van der Waals surface area contributed by atoms with Crippen molar-refractivity contribution in [1.82, 2.24) is 10.2 Å². The summed E-state index contributed by atoms with van der Waals surface area (Å²) < 4.78 is 6.43. The summed E-state index contributed by atoms with van der Waals surface area (Å²) in [5, 5.41) is 12.1.